The van der Waals surface area contributed by atoms with Crippen LogP contribution in [-0.2, 0) is 17.8 Å². The van der Waals surface area contributed by atoms with Crippen LogP contribution in [0.25, 0.3) is 0 Å². The van der Waals surface area contributed by atoms with Crippen LogP contribution in [-0.4, -0.2) is 35.4 Å². The molecule has 3 rings (SSSR count). The molecular weight excluding hydrogens is 317 g/mol. The molecule has 134 valence electrons. The topological polar surface area (TPSA) is 32.7 Å². The molecule has 0 saturated carbocycles. The highest BCUT2D eigenvalue weighted by Crippen LogP contribution is 2.24. The number of benzene rings is 2. The van der Waals surface area contributed by atoms with Crippen LogP contribution in [0.1, 0.15) is 29.5 Å². The third-order valence-corrected chi connectivity index (χ3v) is 4.83. The first-order valence-electron chi connectivity index (χ1n) is 8.86. The lowest BCUT2D eigenvalue weighted by Crippen LogP contribution is -2.46. The van der Waals surface area contributed by atoms with Gasteiger partial charge in [0.25, 0.3) is 0 Å². The average Bonchev–Trinajstić information content (AvgIpc) is 2.59. The van der Waals surface area contributed by atoms with Crippen molar-refractivity contribution in [3.05, 3.63) is 71.0 Å². The van der Waals surface area contributed by atoms with Gasteiger partial charge in [-0.3, -0.25) is 4.90 Å². The first kappa shape index (κ1) is 18.1. The maximum Gasteiger partial charge on any atom is 0.126 e. The van der Waals surface area contributed by atoms with E-state index < -0.39 is 5.60 Å². The van der Waals surface area contributed by atoms with Crippen molar-refractivity contribution in [2.45, 2.75) is 38.5 Å². The predicted octanol–water partition coefficient (Wildman–Crippen LogP) is 3.68. The second kappa shape index (κ2) is 8.09. The minimum atomic E-state index is -0.740. The van der Waals surface area contributed by atoms with E-state index in [0.29, 0.717) is 44.7 Å². The van der Waals surface area contributed by atoms with Gasteiger partial charge in [0, 0.05) is 45.7 Å². The molecule has 1 fully saturated rings. The van der Waals surface area contributed by atoms with Gasteiger partial charge in [-0.05, 0) is 29.7 Å². The lowest BCUT2D eigenvalue weighted by atomic mass is 9.93. The Bertz CT molecular complexity index is 684. The third-order valence-electron chi connectivity index (χ3n) is 4.83. The van der Waals surface area contributed by atoms with Gasteiger partial charge >= 0.3 is 0 Å². The Morgan fingerprint density at radius 1 is 1.04 bits per heavy atom. The Morgan fingerprint density at radius 3 is 2.40 bits per heavy atom. The molecule has 0 radical (unpaired) electrons. The second-order valence-electron chi connectivity index (χ2n) is 7.05. The molecule has 1 saturated heterocycles. The number of hydrogen-bond acceptors (Lipinski definition) is 3. The van der Waals surface area contributed by atoms with Gasteiger partial charge < -0.3 is 9.84 Å². The summed E-state index contributed by atoms with van der Waals surface area (Å²) in [7, 11) is 0. The van der Waals surface area contributed by atoms with Crippen LogP contribution in [0.15, 0.2) is 48.5 Å². The minimum Gasteiger partial charge on any atom is -0.388 e. The highest BCUT2D eigenvalue weighted by Gasteiger charge is 2.32. The fourth-order valence-electron chi connectivity index (χ4n) is 3.33. The molecule has 1 N–H and O–H groups in total. The van der Waals surface area contributed by atoms with Crippen LogP contribution < -0.4 is 0 Å². The van der Waals surface area contributed by atoms with Crippen molar-refractivity contribution < 1.29 is 14.2 Å². The van der Waals surface area contributed by atoms with Crippen molar-refractivity contribution >= 4 is 0 Å². The highest BCUT2D eigenvalue weighted by molar-refractivity contribution is 5.23. The first-order chi connectivity index (χ1) is 12.0. The summed E-state index contributed by atoms with van der Waals surface area (Å²) in [6.45, 7) is 4.84. The van der Waals surface area contributed by atoms with Gasteiger partial charge in [0.2, 0.25) is 0 Å². The zero-order valence-electron chi connectivity index (χ0n) is 14.7. The van der Waals surface area contributed by atoms with Crippen LogP contribution in [0, 0.1) is 12.7 Å². The van der Waals surface area contributed by atoms with E-state index in [4.69, 9.17) is 4.74 Å². The van der Waals surface area contributed by atoms with Gasteiger partial charge in [-0.15, -0.1) is 0 Å². The SMILES string of the molecule is Cc1ccc(CN(Cc2ccccc2)CC2(O)CCOCC2)cc1F. The average molecular weight is 343 g/mol. The molecule has 0 aromatic heterocycles. The maximum atomic E-state index is 13.9. The van der Waals surface area contributed by atoms with E-state index >= 15 is 0 Å². The van der Waals surface area contributed by atoms with Crippen LogP contribution in [0.2, 0.25) is 0 Å². The summed E-state index contributed by atoms with van der Waals surface area (Å²) >= 11 is 0. The van der Waals surface area contributed by atoms with Gasteiger partial charge in [-0.1, -0.05) is 42.5 Å². The van der Waals surface area contributed by atoms with Crippen molar-refractivity contribution in [3.63, 3.8) is 0 Å². The molecule has 0 bridgehead atoms. The lowest BCUT2D eigenvalue weighted by molar-refractivity contribution is -0.0821. The number of hydrogen-bond donors (Lipinski definition) is 1. The number of halogens is 1. The molecule has 2 aromatic carbocycles. The van der Waals surface area contributed by atoms with E-state index in [1.165, 1.54) is 5.56 Å². The van der Waals surface area contributed by atoms with Crippen LogP contribution in [0.5, 0.6) is 0 Å². The third kappa shape index (κ3) is 5.11. The molecule has 0 atom stereocenters. The van der Waals surface area contributed by atoms with Crippen LogP contribution in [0.3, 0.4) is 0 Å². The largest absolute Gasteiger partial charge is 0.388 e. The van der Waals surface area contributed by atoms with E-state index in [0.717, 1.165) is 12.1 Å². The normalized spacial score (nSPS) is 17.0. The Labute approximate surface area is 149 Å². The summed E-state index contributed by atoms with van der Waals surface area (Å²) < 4.78 is 19.3. The van der Waals surface area contributed by atoms with Crippen LogP contribution in [0.4, 0.5) is 4.39 Å². The van der Waals surface area contributed by atoms with Crippen molar-refractivity contribution in [2.75, 3.05) is 19.8 Å². The molecule has 1 aliphatic heterocycles. The van der Waals surface area contributed by atoms with E-state index in [9.17, 15) is 9.50 Å². The molecule has 2 aromatic rings. The van der Waals surface area contributed by atoms with E-state index in [1.807, 2.05) is 30.3 Å². The fourth-order valence-corrected chi connectivity index (χ4v) is 3.33. The summed E-state index contributed by atoms with van der Waals surface area (Å²) in [6, 6.07) is 15.6. The van der Waals surface area contributed by atoms with Crippen molar-refractivity contribution in [1.82, 2.24) is 4.90 Å². The van der Waals surface area contributed by atoms with E-state index in [2.05, 4.69) is 17.0 Å². The van der Waals surface area contributed by atoms with E-state index in [1.54, 1.807) is 13.0 Å². The molecule has 1 aliphatic rings. The summed E-state index contributed by atoms with van der Waals surface area (Å²) in [4.78, 5) is 2.20. The van der Waals surface area contributed by atoms with Crippen molar-refractivity contribution in [3.8, 4) is 0 Å². The van der Waals surface area contributed by atoms with Crippen molar-refractivity contribution in [1.29, 1.82) is 0 Å². The van der Waals surface area contributed by atoms with Gasteiger partial charge in [-0.25, -0.2) is 4.39 Å². The highest BCUT2D eigenvalue weighted by atomic mass is 19.1. The standard InChI is InChI=1S/C21H26FNO2/c1-17-7-8-19(13-20(17)22)15-23(14-18-5-3-2-4-6-18)16-21(24)9-11-25-12-10-21/h2-8,13,24H,9-12,14-16H2,1H3. The van der Waals surface area contributed by atoms with Crippen molar-refractivity contribution in [2.24, 2.45) is 0 Å². The Kier molecular flexibility index (Phi) is 5.84. The zero-order valence-corrected chi connectivity index (χ0v) is 14.7. The fraction of sp³-hybridized carbons (Fsp3) is 0.429. The van der Waals surface area contributed by atoms with Gasteiger partial charge in [0.15, 0.2) is 0 Å². The number of nitrogens with zero attached hydrogens (tertiary/aromatic N) is 1. The number of aryl methyl sites for hydroxylation is 1. The molecule has 4 heteroatoms. The molecule has 0 aliphatic carbocycles. The molecular formula is C21H26FNO2. The first-order valence-corrected chi connectivity index (χ1v) is 8.86. The Hall–Kier alpha value is -1.75. The van der Waals surface area contributed by atoms with E-state index in [-0.39, 0.29) is 5.82 Å². The molecule has 3 nitrogen and oxygen atoms in total. The zero-order chi connectivity index (χ0) is 17.7. The maximum absolute atomic E-state index is 13.9. The summed E-state index contributed by atoms with van der Waals surface area (Å²) in [6.07, 6.45) is 1.28. The van der Waals surface area contributed by atoms with Gasteiger partial charge in [0.05, 0.1) is 5.60 Å². The molecule has 25 heavy (non-hydrogen) atoms. The smallest absolute Gasteiger partial charge is 0.126 e. The van der Waals surface area contributed by atoms with Gasteiger partial charge in [0.1, 0.15) is 5.82 Å². The molecule has 0 spiro atoms. The monoisotopic (exact) mass is 343 g/mol. The molecule has 1 heterocycles. The Balaban J connectivity index is 1.76. The Morgan fingerprint density at radius 2 is 1.72 bits per heavy atom. The number of aliphatic hydroxyl groups is 1. The quantitative estimate of drug-likeness (QED) is 0.868. The molecule has 0 amide bonds. The van der Waals surface area contributed by atoms with Gasteiger partial charge in [-0.2, -0.15) is 0 Å². The summed E-state index contributed by atoms with van der Waals surface area (Å²) in [5.41, 5.74) is 2.03. The summed E-state index contributed by atoms with van der Waals surface area (Å²) in [5, 5.41) is 10.9. The minimum absolute atomic E-state index is 0.179. The van der Waals surface area contributed by atoms with Crippen LogP contribution >= 0.6 is 0 Å². The number of rotatable bonds is 6. The summed E-state index contributed by atoms with van der Waals surface area (Å²) in [5.74, 6) is -0.179. The lowest BCUT2D eigenvalue weighted by Gasteiger charge is -2.37. The number of ether oxygens (including phenoxy) is 1. The predicted molar refractivity (Wildman–Crippen MR) is 96.7 cm³/mol. The molecule has 0 unspecified atom stereocenters. The second-order valence-corrected chi connectivity index (χ2v) is 7.05.